The van der Waals surface area contributed by atoms with E-state index < -0.39 is 24.1 Å². The van der Waals surface area contributed by atoms with Gasteiger partial charge in [0.1, 0.15) is 6.04 Å². The van der Waals surface area contributed by atoms with Gasteiger partial charge in [0.2, 0.25) is 0 Å². The minimum atomic E-state index is -4.11. The van der Waals surface area contributed by atoms with Crippen molar-refractivity contribution in [2.45, 2.75) is 57.3 Å². The van der Waals surface area contributed by atoms with Crippen molar-refractivity contribution in [3.8, 4) is 0 Å². The molecule has 0 saturated heterocycles. The van der Waals surface area contributed by atoms with Crippen molar-refractivity contribution in [3.05, 3.63) is 0 Å². The first-order valence-electron chi connectivity index (χ1n) is 6.28. The highest BCUT2D eigenvalue weighted by atomic mass is 19.4. The lowest BCUT2D eigenvalue weighted by Crippen LogP contribution is -2.46. The van der Waals surface area contributed by atoms with E-state index in [1.54, 1.807) is 18.9 Å². The highest BCUT2D eigenvalue weighted by Crippen LogP contribution is 2.38. The first-order chi connectivity index (χ1) is 8.27. The molecule has 0 aliphatic heterocycles. The van der Waals surface area contributed by atoms with Gasteiger partial charge < -0.3 is 5.11 Å². The van der Waals surface area contributed by atoms with Crippen LogP contribution in [0.4, 0.5) is 13.2 Å². The molecule has 1 fully saturated rings. The Hall–Kier alpha value is -0.780. The number of nitrogens with zero attached hydrogens (tertiary/aromatic N) is 1. The van der Waals surface area contributed by atoms with Crippen molar-refractivity contribution < 1.29 is 23.1 Å². The second-order valence-corrected chi connectivity index (χ2v) is 4.97. The van der Waals surface area contributed by atoms with Gasteiger partial charge in [0.25, 0.3) is 0 Å². The Bertz CT molecular complexity index is 286. The summed E-state index contributed by atoms with van der Waals surface area (Å²) in [4.78, 5) is 12.7. The topological polar surface area (TPSA) is 40.5 Å². The standard InChI is InChI=1S/C12H20F3NO2/c1-3-10(11(17)18)16(2)9-6-4-8(5-7-9)12(13,14)15/h8-10H,3-7H2,1-2H3,(H,17,18). The Labute approximate surface area is 105 Å². The number of carboxylic acids is 1. The summed E-state index contributed by atoms with van der Waals surface area (Å²) < 4.78 is 37.5. The third-order valence-electron chi connectivity index (χ3n) is 3.90. The summed E-state index contributed by atoms with van der Waals surface area (Å²) in [6, 6.07) is -0.651. The predicted molar refractivity (Wildman–Crippen MR) is 61.3 cm³/mol. The number of carboxylic acid groups (broad SMARTS) is 1. The monoisotopic (exact) mass is 267 g/mol. The quantitative estimate of drug-likeness (QED) is 0.851. The molecule has 6 heteroatoms. The number of hydrogen-bond donors (Lipinski definition) is 1. The van der Waals surface area contributed by atoms with E-state index in [2.05, 4.69) is 0 Å². The Balaban J connectivity index is 2.54. The molecule has 1 N–H and O–H groups in total. The van der Waals surface area contributed by atoms with Gasteiger partial charge in [-0.1, -0.05) is 6.92 Å². The van der Waals surface area contributed by atoms with Crippen molar-refractivity contribution in [3.63, 3.8) is 0 Å². The van der Waals surface area contributed by atoms with Gasteiger partial charge in [0, 0.05) is 6.04 Å². The summed E-state index contributed by atoms with van der Waals surface area (Å²) in [5.74, 6) is -2.12. The molecule has 1 aliphatic carbocycles. The first kappa shape index (κ1) is 15.3. The second-order valence-electron chi connectivity index (χ2n) is 4.97. The lowest BCUT2D eigenvalue weighted by atomic mass is 9.84. The van der Waals surface area contributed by atoms with Crippen LogP contribution in [0.3, 0.4) is 0 Å². The molecule has 1 aliphatic rings. The van der Waals surface area contributed by atoms with Crippen LogP contribution in [0.25, 0.3) is 0 Å². The molecule has 1 saturated carbocycles. The van der Waals surface area contributed by atoms with Crippen molar-refractivity contribution >= 4 is 5.97 Å². The lowest BCUT2D eigenvalue weighted by molar-refractivity contribution is -0.185. The smallest absolute Gasteiger partial charge is 0.391 e. The molecule has 1 atom stereocenters. The Morgan fingerprint density at radius 3 is 2.17 bits per heavy atom. The van der Waals surface area contributed by atoms with Crippen LogP contribution in [0, 0.1) is 5.92 Å². The molecule has 1 rings (SSSR count). The summed E-state index contributed by atoms with van der Waals surface area (Å²) in [5.41, 5.74) is 0. The fourth-order valence-corrected chi connectivity index (χ4v) is 2.70. The molecule has 0 radical (unpaired) electrons. The minimum Gasteiger partial charge on any atom is -0.480 e. The molecule has 0 aromatic heterocycles. The molecular formula is C12H20F3NO2. The first-order valence-corrected chi connectivity index (χ1v) is 6.28. The van der Waals surface area contributed by atoms with Crippen molar-refractivity contribution in [2.75, 3.05) is 7.05 Å². The number of carbonyl (C=O) groups is 1. The largest absolute Gasteiger partial charge is 0.480 e. The average molecular weight is 267 g/mol. The van der Waals surface area contributed by atoms with E-state index in [1.807, 2.05) is 0 Å². The van der Waals surface area contributed by atoms with Gasteiger partial charge in [0.05, 0.1) is 5.92 Å². The van der Waals surface area contributed by atoms with E-state index in [-0.39, 0.29) is 18.9 Å². The molecule has 0 spiro atoms. The maximum atomic E-state index is 12.5. The second kappa shape index (κ2) is 5.91. The molecular weight excluding hydrogens is 247 g/mol. The molecule has 0 aromatic carbocycles. The lowest BCUT2D eigenvalue weighted by Gasteiger charge is -2.37. The molecule has 18 heavy (non-hydrogen) atoms. The van der Waals surface area contributed by atoms with E-state index in [0.717, 1.165) is 0 Å². The Morgan fingerprint density at radius 1 is 1.33 bits per heavy atom. The van der Waals surface area contributed by atoms with Gasteiger partial charge >= 0.3 is 12.1 Å². The van der Waals surface area contributed by atoms with Crippen LogP contribution in [-0.4, -0.2) is 41.3 Å². The highest BCUT2D eigenvalue weighted by Gasteiger charge is 2.42. The summed E-state index contributed by atoms with van der Waals surface area (Å²) in [6.07, 6.45) is -2.59. The number of hydrogen-bond acceptors (Lipinski definition) is 2. The van der Waals surface area contributed by atoms with Crippen molar-refractivity contribution in [2.24, 2.45) is 5.92 Å². The Kier molecular flexibility index (Phi) is 5.01. The number of aliphatic carboxylic acids is 1. The summed E-state index contributed by atoms with van der Waals surface area (Å²) in [5, 5.41) is 9.03. The van der Waals surface area contributed by atoms with Gasteiger partial charge in [-0.05, 0) is 39.2 Å². The molecule has 106 valence electrons. The van der Waals surface area contributed by atoms with E-state index in [4.69, 9.17) is 5.11 Å². The fourth-order valence-electron chi connectivity index (χ4n) is 2.70. The molecule has 0 aromatic rings. The maximum absolute atomic E-state index is 12.5. The van der Waals surface area contributed by atoms with Crippen molar-refractivity contribution in [1.82, 2.24) is 4.90 Å². The fraction of sp³-hybridized carbons (Fsp3) is 0.917. The molecule has 0 bridgehead atoms. The summed E-state index contributed by atoms with van der Waals surface area (Å²) >= 11 is 0. The van der Waals surface area contributed by atoms with Crippen LogP contribution in [-0.2, 0) is 4.79 Å². The normalized spacial score (nSPS) is 27.2. The minimum absolute atomic E-state index is 0.0513. The van der Waals surface area contributed by atoms with Gasteiger partial charge in [-0.3, -0.25) is 9.69 Å². The third-order valence-corrected chi connectivity index (χ3v) is 3.90. The summed E-state index contributed by atoms with van der Waals surface area (Å²) in [7, 11) is 1.70. The van der Waals surface area contributed by atoms with Crippen molar-refractivity contribution in [1.29, 1.82) is 0 Å². The molecule has 1 unspecified atom stereocenters. The Morgan fingerprint density at radius 2 is 1.83 bits per heavy atom. The summed E-state index contributed by atoms with van der Waals surface area (Å²) in [6.45, 7) is 1.77. The van der Waals surface area contributed by atoms with E-state index in [1.165, 1.54) is 0 Å². The number of alkyl halides is 3. The number of likely N-dealkylation sites (N-methyl/N-ethyl adjacent to an activating group) is 1. The van der Waals surface area contributed by atoms with Crippen LogP contribution >= 0.6 is 0 Å². The van der Waals surface area contributed by atoms with Gasteiger partial charge in [-0.15, -0.1) is 0 Å². The zero-order chi connectivity index (χ0) is 13.9. The highest BCUT2D eigenvalue weighted by molar-refractivity contribution is 5.73. The zero-order valence-corrected chi connectivity index (χ0v) is 10.7. The SMILES string of the molecule is CCC(C(=O)O)N(C)C1CCC(C(F)(F)F)CC1. The number of rotatable bonds is 4. The van der Waals surface area contributed by atoms with E-state index >= 15 is 0 Å². The van der Waals surface area contributed by atoms with Gasteiger partial charge in [0.15, 0.2) is 0 Å². The van der Waals surface area contributed by atoms with Gasteiger partial charge in [-0.2, -0.15) is 13.2 Å². The van der Waals surface area contributed by atoms with Crippen LogP contribution in [0.1, 0.15) is 39.0 Å². The van der Waals surface area contributed by atoms with E-state index in [9.17, 15) is 18.0 Å². The molecule has 3 nitrogen and oxygen atoms in total. The van der Waals surface area contributed by atoms with E-state index in [0.29, 0.717) is 19.3 Å². The average Bonchev–Trinajstić information content (AvgIpc) is 2.28. The van der Waals surface area contributed by atoms with Gasteiger partial charge in [-0.25, -0.2) is 0 Å². The maximum Gasteiger partial charge on any atom is 0.391 e. The predicted octanol–water partition coefficient (Wildman–Crippen LogP) is 2.90. The zero-order valence-electron chi connectivity index (χ0n) is 10.7. The molecule has 0 heterocycles. The van der Waals surface area contributed by atoms with Crippen LogP contribution in [0.2, 0.25) is 0 Å². The van der Waals surface area contributed by atoms with Crippen LogP contribution in [0.5, 0.6) is 0 Å². The molecule has 0 amide bonds. The third kappa shape index (κ3) is 3.60. The van der Waals surface area contributed by atoms with Crippen LogP contribution in [0.15, 0.2) is 0 Å². The number of halogens is 3. The van der Waals surface area contributed by atoms with Crippen LogP contribution < -0.4 is 0 Å².